The molecule has 0 spiro atoms. The molecule has 17 heavy (non-hydrogen) atoms. The van der Waals surface area contributed by atoms with Crippen LogP contribution in [-0.4, -0.2) is 5.78 Å². The van der Waals surface area contributed by atoms with Crippen LogP contribution >= 0.6 is 27.3 Å². The van der Waals surface area contributed by atoms with E-state index in [4.69, 9.17) is 0 Å². The summed E-state index contributed by atoms with van der Waals surface area (Å²) in [6, 6.07) is 8.13. The Balaban J connectivity index is 2.04. The van der Waals surface area contributed by atoms with Gasteiger partial charge in [0.2, 0.25) is 0 Å². The van der Waals surface area contributed by atoms with Crippen molar-refractivity contribution in [1.29, 1.82) is 0 Å². The normalized spacial score (nSPS) is 10.5. The van der Waals surface area contributed by atoms with Crippen molar-refractivity contribution >= 4 is 33.0 Å². The predicted octanol–water partition coefficient (Wildman–Crippen LogP) is 4.47. The van der Waals surface area contributed by atoms with E-state index >= 15 is 0 Å². The molecule has 0 radical (unpaired) electrons. The molecule has 1 aromatic heterocycles. The molecule has 0 saturated heterocycles. The van der Waals surface area contributed by atoms with Crippen molar-refractivity contribution < 1.29 is 9.18 Å². The van der Waals surface area contributed by atoms with Crippen molar-refractivity contribution in [3.05, 3.63) is 56.4 Å². The molecule has 88 valence electrons. The van der Waals surface area contributed by atoms with Crippen molar-refractivity contribution in [3.8, 4) is 0 Å². The molecule has 0 amide bonds. The van der Waals surface area contributed by atoms with Gasteiger partial charge in [-0.15, -0.1) is 11.3 Å². The van der Waals surface area contributed by atoms with Crippen molar-refractivity contribution in [3.63, 3.8) is 0 Å². The Morgan fingerprint density at radius 3 is 2.82 bits per heavy atom. The van der Waals surface area contributed by atoms with Crippen LogP contribution in [0.4, 0.5) is 4.39 Å². The third kappa shape index (κ3) is 3.23. The molecule has 0 N–H and O–H groups in total. The Morgan fingerprint density at radius 1 is 1.35 bits per heavy atom. The van der Waals surface area contributed by atoms with Crippen LogP contribution in [0.2, 0.25) is 0 Å². The first-order valence-electron chi connectivity index (χ1n) is 5.17. The number of rotatable bonds is 4. The monoisotopic (exact) mass is 312 g/mol. The molecule has 0 atom stereocenters. The van der Waals surface area contributed by atoms with E-state index in [1.807, 2.05) is 17.5 Å². The summed E-state index contributed by atoms with van der Waals surface area (Å²) in [5.41, 5.74) is 0.544. The van der Waals surface area contributed by atoms with Crippen LogP contribution in [0, 0.1) is 5.82 Å². The summed E-state index contributed by atoms with van der Waals surface area (Å²) in [6.07, 6.45) is 1.19. The number of ketones is 1. The van der Waals surface area contributed by atoms with Crippen molar-refractivity contribution in [2.75, 3.05) is 0 Å². The summed E-state index contributed by atoms with van der Waals surface area (Å²) in [4.78, 5) is 13.1. The highest BCUT2D eigenvalue weighted by Gasteiger charge is 2.11. The molecule has 0 saturated carbocycles. The molecule has 0 aliphatic carbocycles. The molecule has 0 aliphatic heterocycles. The second kappa shape index (κ2) is 5.56. The lowest BCUT2D eigenvalue weighted by molar-refractivity contribution is 0.0982. The minimum atomic E-state index is -0.341. The fourth-order valence-electron chi connectivity index (χ4n) is 1.54. The first-order chi connectivity index (χ1) is 8.16. The number of carbonyl (C=O) groups excluding carboxylic acids is 1. The number of halogens is 2. The van der Waals surface area contributed by atoms with Crippen LogP contribution in [0.5, 0.6) is 0 Å². The molecular weight excluding hydrogens is 303 g/mol. The molecule has 0 unspecified atom stereocenters. The smallest absolute Gasteiger partial charge is 0.164 e. The van der Waals surface area contributed by atoms with Gasteiger partial charge in [0.25, 0.3) is 0 Å². The van der Waals surface area contributed by atoms with Crippen LogP contribution in [-0.2, 0) is 6.42 Å². The van der Waals surface area contributed by atoms with Crippen molar-refractivity contribution in [2.24, 2.45) is 0 Å². The number of thiophene rings is 1. The fourth-order valence-corrected chi connectivity index (χ4v) is 2.82. The highest BCUT2D eigenvalue weighted by Crippen LogP contribution is 2.21. The maximum absolute atomic E-state index is 12.9. The summed E-state index contributed by atoms with van der Waals surface area (Å²) >= 11 is 4.85. The van der Waals surface area contributed by atoms with E-state index < -0.39 is 0 Å². The fraction of sp³-hybridized carbons (Fsp3) is 0.154. The van der Waals surface area contributed by atoms with Gasteiger partial charge < -0.3 is 0 Å². The molecule has 0 fully saturated rings. The summed E-state index contributed by atoms with van der Waals surface area (Å²) < 4.78 is 13.4. The zero-order chi connectivity index (χ0) is 12.3. The molecule has 2 aromatic rings. The molecule has 0 aliphatic rings. The standard InChI is InChI=1S/C13H10BrFOS/c14-12-8-9(15)3-5-11(12)13(16)6-4-10-2-1-7-17-10/h1-3,5,7-8H,4,6H2. The molecular formula is C13H10BrFOS. The van der Waals surface area contributed by atoms with Gasteiger partial charge in [-0.3, -0.25) is 4.79 Å². The zero-order valence-electron chi connectivity index (χ0n) is 8.95. The van der Waals surface area contributed by atoms with Crippen LogP contribution < -0.4 is 0 Å². The molecule has 0 bridgehead atoms. The van der Waals surface area contributed by atoms with Gasteiger partial charge in [0.05, 0.1) is 0 Å². The molecule has 4 heteroatoms. The highest BCUT2D eigenvalue weighted by atomic mass is 79.9. The Morgan fingerprint density at radius 2 is 2.18 bits per heavy atom. The second-order valence-electron chi connectivity index (χ2n) is 3.63. The maximum Gasteiger partial charge on any atom is 0.164 e. The van der Waals surface area contributed by atoms with E-state index in [1.165, 1.54) is 23.1 Å². The minimum absolute atomic E-state index is 0.0327. The first-order valence-corrected chi connectivity index (χ1v) is 6.85. The van der Waals surface area contributed by atoms with E-state index in [1.54, 1.807) is 11.3 Å². The largest absolute Gasteiger partial charge is 0.294 e. The van der Waals surface area contributed by atoms with Crippen molar-refractivity contribution in [1.82, 2.24) is 0 Å². The van der Waals surface area contributed by atoms with Gasteiger partial charge in [-0.1, -0.05) is 6.07 Å². The third-order valence-corrected chi connectivity index (χ3v) is 4.00. The Hall–Kier alpha value is -1.00. The number of hydrogen-bond acceptors (Lipinski definition) is 2. The second-order valence-corrected chi connectivity index (χ2v) is 5.51. The zero-order valence-corrected chi connectivity index (χ0v) is 11.4. The Bertz CT molecular complexity index is 522. The number of benzene rings is 1. The lowest BCUT2D eigenvalue weighted by atomic mass is 10.1. The van der Waals surface area contributed by atoms with Gasteiger partial charge >= 0.3 is 0 Å². The number of Topliss-reactive ketones (excluding diaryl/α,β-unsaturated/α-hetero) is 1. The van der Waals surface area contributed by atoms with Crippen molar-refractivity contribution in [2.45, 2.75) is 12.8 Å². The average Bonchev–Trinajstić information content (AvgIpc) is 2.78. The highest BCUT2D eigenvalue weighted by molar-refractivity contribution is 9.10. The summed E-state index contributed by atoms with van der Waals surface area (Å²) in [5.74, 6) is -0.308. The number of hydrogen-bond donors (Lipinski definition) is 0. The molecule has 1 nitrogen and oxygen atoms in total. The Kier molecular flexibility index (Phi) is 4.07. The first kappa shape index (κ1) is 12.5. The Labute approximate surface area is 111 Å². The van der Waals surface area contributed by atoms with Gasteiger partial charge in [0.15, 0.2) is 5.78 Å². The quantitative estimate of drug-likeness (QED) is 0.761. The molecule has 2 rings (SSSR count). The number of carbonyl (C=O) groups is 1. The maximum atomic E-state index is 12.9. The third-order valence-electron chi connectivity index (χ3n) is 2.41. The van der Waals surface area contributed by atoms with Gasteiger partial charge in [0, 0.05) is 21.3 Å². The van der Waals surface area contributed by atoms with E-state index in [-0.39, 0.29) is 11.6 Å². The SMILES string of the molecule is O=C(CCc1cccs1)c1ccc(F)cc1Br. The van der Waals surface area contributed by atoms with Crippen LogP contribution in [0.25, 0.3) is 0 Å². The van der Waals surface area contributed by atoms with Crippen LogP contribution in [0.3, 0.4) is 0 Å². The number of aryl methyl sites for hydroxylation is 1. The summed E-state index contributed by atoms with van der Waals surface area (Å²) in [7, 11) is 0. The lowest BCUT2D eigenvalue weighted by Crippen LogP contribution is -2.02. The van der Waals surface area contributed by atoms with Gasteiger partial charge in [-0.05, 0) is 52.0 Å². The average molecular weight is 313 g/mol. The van der Waals surface area contributed by atoms with Gasteiger partial charge in [0.1, 0.15) is 5.82 Å². The molecule has 1 heterocycles. The minimum Gasteiger partial charge on any atom is -0.294 e. The van der Waals surface area contributed by atoms with Crippen LogP contribution in [0.15, 0.2) is 40.2 Å². The van der Waals surface area contributed by atoms with Gasteiger partial charge in [-0.25, -0.2) is 4.39 Å². The topological polar surface area (TPSA) is 17.1 Å². The van der Waals surface area contributed by atoms with Crippen LogP contribution in [0.1, 0.15) is 21.7 Å². The van der Waals surface area contributed by atoms with E-state index in [2.05, 4.69) is 15.9 Å². The van der Waals surface area contributed by atoms with E-state index in [9.17, 15) is 9.18 Å². The van der Waals surface area contributed by atoms with E-state index in [0.29, 0.717) is 16.5 Å². The summed E-state index contributed by atoms with van der Waals surface area (Å²) in [5, 5.41) is 1.99. The predicted molar refractivity (Wildman–Crippen MR) is 71.1 cm³/mol. The molecule has 1 aromatic carbocycles. The van der Waals surface area contributed by atoms with E-state index in [0.717, 1.165) is 6.42 Å². The summed E-state index contributed by atoms with van der Waals surface area (Å²) in [6.45, 7) is 0. The van der Waals surface area contributed by atoms with Gasteiger partial charge in [-0.2, -0.15) is 0 Å². The lowest BCUT2D eigenvalue weighted by Gasteiger charge is -2.03.